The number of carbonyl (C=O) groups is 1. The number of aryl methyl sites for hydroxylation is 1. The van der Waals surface area contributed by atoms with Crippen LogP contribution in [-0.4, -0.2) is 41.0 Å². The van der Waals surface area contributed by atoms with E-state index in [1.165, 1.54) is 10.2 Å². The highest BCUT2D eigenvalue weighted by Crippen LogP contribution is 2.21. The Balaban J connectivity index is 1.90. The summed E-state index contributed by atoms with van der Waals surface area (Å²) in [5.41, 5.74) is 2.96. The molecule has 0 atom stereocenters. The summed E-state index contributed by atoms with van der Waals surface area (Å²) >= 11 is 0. The summed E-state index contributed by atoms with van der Waals surface area (Å²) in [5, 5.41) is 4.28. The van der Waals surface area contributed by atoms with Crippen molar-refractivity contribution in [1.82, 2.24) is 14.8 Å². The summed E-state index contributed by atoms with van der Waals surface area (Å²) in [7, 11) is 1.60. The van der Waals surface area contributed by atoms with Crippen LogP contribution in [0.15, 0.2) is 54.6 Å². The van der Waals surface area contributed by atoms with Gasteiger partial charge in [-0.3, -0.25) is 4.79 Å². The van der Waals surface area contributed by atoms with Gasteiger partial charge in [0.15, 0.2) is 5.82 Å². The molecule has 1 aromatic heterocycles. The standard InChI is InChI=1S/C21H23N3O3/c1-3-16-9-11-18(12-10-16)20-22-21(27-14-13-26-2)23-24(20)19(25)15-17-7-5-4-6-8-17/h4-12H,3,13-15H2,1-2H3. The highest BCUT2D eigenvalue weighted by molar-refractivity contribution is 5.84. The van der Waals surface area contributed by atoms with Gasteiger partial charge in [0.05, 0.1) is 13.0 Å². The van der Waals surface area contributed by atoms with E-state index in [0.717, 1.165) is 17.5 Å². The fourth-order valence-corrected chi connectivity index (χ4v) is 2.67. The summed E-state index contributed by atoms with van der Waals surface area (Å²) in [4.78, 5) is 17.3. The molecule has 0 aliphatic heterocycles. The van der Waals surface area contributed by atoms with Crippen molar-refractivity contribution in [2.45, 2.75) is 19.8 Å². The molecule has 140 valence electrons. The van der Waals surface area contributed by atoms with E-state index in [0.29, 0.717) is 19.0 Å². The van der Waals surface area contributed by atoms with Crippen molar-refractivity contribution in [1.29, 1.82) is 0 Å². The third kappa shape index (κ3) is 4.80. The van der Waals surface area contributed by atoms with Gasteiger partial charge in [0.2, 0.25) is 0 Å². The number of rotatable bonds is 8. The third-order valence-electron chi connectivity index (χ3n) is 4.16. The molecule has 27 heavy (non-hydrogen) atoms. The van der Waals surface area contributed by atoms with Crippen molar-refractivity contribution in [2.75, 3.05) is 20.3 Å². The minimum Gasteiger partial charge on any atom is -0.460 e. The zero-order valence-electron chi connectivity index (χ0n) is 15.6. The molecule has 6 heteroatoms. The lowest BCUT2D eigenvalue weighted by Gasteiger charge is -2.05. The lowest BCUT2D eigenvalue weighted by molar-refractivity contribution is 0.0896. The molecule has 1 heterocycles. The predicted octanol–water partition coefficient (Wildman–Crippen LogP) is 3.42. The van der Waals surface area contributed by atoms with E-state index >= 15 is 0 Å². The van der Waals surface area contributed by atoms with Gasteiger partial charge in [-0.1, -0.05) is 61.5 Å². The van der Waals surface area contributed by atoms with Crippen LogP contribution in [0.2, 0.25) is 0 Å². The Kier molecular flexibility index (Phi) is 6.33. The fraction of sp³-hybridized carbons (Fsp3) is 0.286. The molecule has 0 amide bonds. The van der Waals surface area contributed by atoms with Crippen molar-refractivity contribution < 1.29 is 14.3 Å². The van der Waals surface area contributed by atoms with Crippen LogP contribution in [0.1, 0.15) is 22.8 Å². The zero-order chi connectivity index (χ0) is 19.1. The molecule has 0 bridgehead atoms. The molecular formula is C21H23N3O3. The van der Waals surface area contributed by atoms with Gasteiger partial charge in [-0.25, -0.2) is 0 Å². The molecule has 0 aliphatic carbocycles. The quantitative estimate of drug-likeness (QED) is 0.572. The third-order valence-corrected chi connectivity index (χ3v) is 4.16. The van der Waals surface area contributed by atoms with Crippen LogP contribution in [0.3, 0.4) is 0 Å². The van der Waals surface area contributed by atoms with Crippen LogP contribution in [0, 0.1) is 0 Å². The molecule has 3 aromatic rings. The Morgan fingerprint density at radius 1 is 1.00 bits per heavy atom. The summed E-state index contributed by atoms with van der Waals surface area (Å²) in [6.45, 7) is 2.84. The predicted molar refractivity (Wildman–Crippen MR) is 103 cm³/mol. The molecule has 2 aromatic carbocycles. The lowest BCUT2D eigenvalue weighted by Crippen LogP contribution is -2.16. The first-order valence-electron chi connectivity index (χ1n) is 8.96. The lowest BCUT2D eigenvalue weighted by atomic mass is 10.1. The molecule has 0 saturated carbocycles. The maximum absolute atomic E-state index is 12.9. The maximum Gasteiger partial charge on any atom is 0.336 e. The van der Waals surface area contributed by atoms with Crippen LogP contribution in [0.5, 0.6) is 6.01 Å². The number of methoxy groups -OCH3 is 1. The highest BCUT2D eigenvalue weighted by atomic mass is 16.5. The van der Waals surface area contributed by atoms with Gasteiger partial charge in [0, 0.05) is 12.7 Å². The van der Waals surface area contributed by atoms with Crippen molar-refractivity contribution in [2.24, 2.45) is 0 Å². The summed E-state index contributed by atoms with van der Waals surface area (Å²) in [6, 6.07) is 17.7. The van der Waals surface area contributed by atoms with Gasteiger partial charge >= 0.3 is 6.01 Å². The van der Waals surface area contributed by atoms with Crippen LogP contribution in [0.4, 0.5) is 0 Å². The average molecular weight is 365 g/mol. The van der Waals surface area contributed by atoms with Crippen molar-refractivity contribution in [3.8, 4) is 17.4 Å². The average Bonchev–Trinajstić information content (AvgIpc) is 3.13. The minimum absolute atomic E-state index is 0.162. The fourth-order valence-electron chi connectivity index (χ4n) is 2.67. The molecule has 0 fully saturated rings. The van der Waals surface area contributed by atoms with Gasteiger partial charge in [0.1, 0.15) is 6.61 Å². The maximum atomic E-state index is 12.9. The number of nitrogens with zero attached hydrogens (tertiary/aromatic N) is 3. The number of hydrogen-bond acceptors (Lipinski definition) is 5. The molecule has 3 rings (SSSR count). The Morgan fingerprint density at radius 3 is 2.41 bits per heavy atom. The monoisotopic (exact) mass is 365 g/mol. The molecule has 0 spiro atoms. The second-order valence-electron chi connectivity index (χ2n) is 6.08. The minimum atomic E-state index is -0.162. The van der Waals surface area contributed by atoms with E-state index in [4.69, 9.17) is 9.47 Å². The van der Waals surface area contributed by atoms with E-state index in [1.807, 2.05) is 54.6 Å². The Bertz CT molecular complexity index is 873. The van der Waals surface area contributed by atoms with E-state index in [9.17, 15) is 4.79 Å². The van der Waals surface area contributed by atoms with Gasteiger partial charge in [-0.05, 0) is 17.5 Å². The zero-order valence-corrected chi connectivity index (χ0v) is 15.6. The smallest absolute Gasteiger partial charge is 0.336 e. The highest BCUT2D eigenvalue weighted by Gasteiger charge is 2.19. The molecule has 0 radical (unpaired) electrons. The molecule has 0 aliphatic rings. The first kappa shape index (κ1) is 18.8. The first-order chi connectivity index (χ1) is 13.2. The SMILES string of the molecule is CCc1ccc(-c2nc(OCCOC)nn2C(=O)Cc2ccccc2)cc1. The van der Waals surface area contributed by atoms with E-state index in [2.05, 4.69) is 17.0 Å². The van der Waals surface area contributed by atoms with Crippen LogP contribution in [0.25, 0.3) is 11.4 Å². The molecular weight excluding hydrogens is 342 g/mol. The number of benzene rings is 2. The van der Waals surface area contributed by atoms with Crippen LogP contribution < -0.4 is 4.74 Å². The normalized spacial score (nSPS) is 10.7. The topological polar surface area (TPSA) is 66.2 Å². The second-order valence-corrected chi connectivity index (χ2v) is 6.08. The van der Waals surface area contributed by atoms with Crippen molar-refractivity contribution in [3.63, 3.8) is 0 Å². The number of ether oxygens (including phenoxy) is 2. The Labute approximate surface area is 158 Å². The second kappa shape index (κ2) is 9.09. The van der Waals surface area contributed by atoms with E-state index in [-0.39, 0.29) is 18.3 Å². The van der Waals surface area contributed by atoms with Crippen molar-refractivity contribution >= 4 is 5.91 Å². The van der Waals surface area contributed by atoms with Crippen LogP contribution >= 0.6 is 0 Å². The van der Waals surface area contributed by atoms with Gasteiger partial charge in [0.25, 0.3) is 5.91 Å². The molecule has 6 nitrogen and oxygen atoms in total. The number of aromatic nitrogens is 3. The molecule has 0 N–H and O–H groups in total. The van der Waals surface area contributed by atoms with Crippen LogP contribution in [-0.2, 0) is 17.6 Å². The summed E-state index contributed by atoms with van der Waals surface area (Å²) in [6.07, 6.45) is 1.19. The van der Waals surface area contributed by atoms with Gasteiger partial charge in [-0.15, -0.1) is 5.10 Å². The largest absolute Gasteiger partial charge is 0.460 e. The van der Waals surface area contributed by atoms with E-state index < -0.39 is 0 Å². The summed E-state index contributed by atoms with van der Waals surface area (Å²) < 4.78 is 11.8. The van der Waals surface area contributed by atoms with E-state index in [1.54, 1.807) is 7.11 Å². The Hall–Kier alpha value is -2.99. The number of carbonyl (C=O) groups excluding carboxylic acids is 1. The Morgan fingerprint density at radius 2 is 1.74 bits per heavy atom. The molecule has 0 unspecified atom stereocenters. The number of hydrogen-bond donors (Lipinski definition) is 0. The van der Waals surface area contributed by atoms with Gasteiger partial charge in [-0.2, -0.15) is 9.67 Å². The van der Waals surface area contributed by atoms with Gasteiger partial charge < -0.3 is 9.47 Å². The molecule has 0 saturated heterocycles. The first-order valence-corrected chi connectivity index (χ1v) is 8.96. The summed E-state index contributed by atoms with van der Waals surface area (Å²) in [5.74, 6) is 0.316. The van der Waals surface area contributed by atoms with Crippen molar-refractivity contribution in [3.05, 3.63) is 65.7 Å².